The first kappa shape index (κ1) is 15.6. The molecule has 1 aromatic carbocycles. The molecule has 0 heterocycles. The second-order valence-electron chi connectivity index (χ2n) is 5.59. The van der Waals surface area contributed by atoms with Crippen molar-refractivity contribution in [3.8, 4) is 5.75 Å². The highest BCUT2D eigenvalue weighted by Crippen LogP contribution is 2.17. The Hall–Kier alpha value is -1.77. The summed E-state index contributed by atoms with van der Waals surface area (Å²) in [6.45, 7) is 2.91. The Balaban J connectivity index is 1.78. The van der Waals surface area contributed by atoms with Crippen LogP contribution in [0.4, 0.5) is 0 Å². The molecule has 0 spiro atoms. The highest BCUT2D eigenvalue weighted by Gasteiger charge is 2.15. The molecule has 0 saturated heterocycles. The number of carbonyl (C=O) groups excluding carboxylic acids is 1. The van der Waals surface area contributed by atoms with Gasteiger partial charge < -0.3 is 10.1 Å². The van der Waals surface area contributed by atoms with Gasteiger partial charge in [0.2, 0.25) is 5.91 Å². The summed E-state index contributed by atoms with van der Waals surface area (Å²) in [5.41, 5.74) is 1.01. The molecule has 0 radical (unpaired) electrons. The zero-order valence-corrected chi connectivity index (χ0v) is 12.8. The van der Waals surface area contributed by atoms with Crippen molar-refractivity contribution < 1.29 is 9.53 Å². The number of unbranched alkanes of at least 4 members (excludes halogenated alkanes) is 1. The van der Waals surface area contributed by atoms with Crippen LogP contribution in [0.5, 0.6) is 5.75 Å². The predicted molar refractivity (Wildman–Crippen MR) is 86.3 cm³/mol. The number of benzene rings is 1. The minimum absolute atomic E-state index is 0.00479. The fraction of sp³-hybridized carbons (Fsp3) is 0.500. The van der Waals surface area contributed by atoms with Crippen molar-refractivity contribution in [1.29, 1.82) is 0 Å². The van der Waals surface area contributed by atoms with E-state index in [2.05, 4.69) is 12.2 Å². The summed E-state index contributed by atoms with van der Waals surface area (Å²) in [6.07, 6.45) is 10.4. The molecule has 1 amide bonds. The van der Waals surface area contributed by atoms with Crippen LogP contribution < -0.4 is 10.1 Å². The van der Waals surface area contributed by atoms with Gasteiger partial charge in [0, 0.05) is 12.1 Å². The van der Waals surface area contributed by atoms with Gasteiger partial charge in [0.05, 0.1) is 6.61 Å². The smallest absolute Gasteiger partial charge is 0.244 e. The molecule has 1 aliphatic carbocycles. The van der Waals surface area contributed by atoms with Crippen LogP contribution in [-0.2, 0) is 4.79 Å². The van der Waals surface area contributed by atoms with Crippen molar-refractivity contribution in [3.05, 3.63) is 35.9 Å². The third kappa shape index (κ3) is 5.62. The number of ether oxygens (including phenoxy) is 1. The second-order valence-corrected chi connectivity index (χ2v) is 5.59. The Kier molecular flexibility index (Phi) is 6.32. The van der Waals surface area contributed by atoms with Crippen LogP contribution in [0, 0.1) is 0 Å². The Morgan fingerprint density at radius 1 is 1.29 bits per heavy atom. The molecule has 1 aliphatic rings. The van der Waals surface area contributed by atoms with Gasteiger partial charge in [-0.2, -0.15) is 0 Å². The molecule has 0 unspecified atom stereocenters. The minimum atomic E-state index is 0.00479. The summed E-state index contributed by atoms with van der Waals surface area (Å²) in [5.74, 6) is 0.890. The second kappa shape index (κ2) is 8.50. The molecule has 3 nitrogen and oxygen atoms in total. The molecular weight excluding hydrogens is 262 g/mol. The van der Waals surface area contributed by atoms with E-state index in [4.69, 9.17) is 4.74 Å². The lowest BCUT2D eigenvalue weighted by Gasteiger charge is -2.09. The van der Waals surface area contributed by atoms with Crippen LogP contribution in [0.25, 0.3) is 6.08 Å². The molecule has 0 bridgehead atoms. The van der Waals surface area contributed by atoms with E-state index in [-0.39, 0.29) is 5.91 Å². The highest BCUT2D eigenvalue weighted by atomic mass is 16.5. The summed E-state index contributed by atoms with van der Waals surface area (Å²) < 4.78 is 5.61. The van der Waals surface area contributed by atoms with Gasteiger partial charge in [-0.25, -0.2) is 0 Å². The van der Waals surface area contributed by atoms with Gasteiger partial charge in [0.1, 0.15) is 5.75 Å². The van der Waals surface area contributed by atoms with E-state index in [1.807, 2.05) is 30.3 Å². The van der Waals surface area contributed by atoms with Crippen LogP contribution >= 0.6 is 0 Å². The van der Waals surface area contributed by atoms with Crippen molar-refractivity contribution in [2.24, 2.45) is 0 Å². The van der Waals surface area contributed by atoms with Crippen molar-refractivity contribution >= 4 is 12.0 Å². The molecular formula is C18H25NO2. The van der Waals surface area contributed by atoms with Crippen LogP contribution in [0.1, 0.15) is 51.0 Å². The largest absolute Gasteiger partial charge is 0.494 e. The number of amides is 1. The maximum Gasteiger partial charge on any atom is 0.244 e. The van der Waals surface area contributed by atoms with Gasteiger partial charge in [-0.15, -0.1) is 0 Å². The number of carbonyl (C=O) groups is 1. The number of nitrogens with one attached hydrogen (secondary N) is 1. The van der Waals surface area contributed by atoms with Crippen LogP contribution in [0.15, 0.2) is 30.3 Å². The molecule has 0 aliphatic heterocycles. The van der Waals surface area contributed by atoms with E-state index in [1.54, 1.807) is 6.08 Å². The quantitative estimate of drug-likeness (QED) is 0.609. The lowest BCUT2D eigenvalue weighted by molar-refractivity contribution is -0.117. The van der Waals surface area contributed by atoms with Gasteiger partial charge in [0.15, 0.2) is 0 Å². The number of hydrogen-bond acceptors (Lipinski definition) is 2. The van der Waals surface area contributed by atoms with Crippen molar-refractivity contribution in [2.75, 3.05) is 6.61 Å². The van der Waals surface area contributed by atoms with E-state index < -0.39 is 0 Å². The van der Waals surface area contributed by atoms with E-state index in [9.17, 15) is 4.79 Å². The standard InChI is InChI=1S/C18H25NO2/c1-2-3-14-21-17-11-8-15(9-12-17)10-13-18(20)19-16-6-4-5-7-16/h8-13,16H,2-7,14H2,1H3,(H,19,20)/b13-10+. The van der Waals surface area contributed by atoms with E-state index >= 15 is 0 Å². The average molecular weight is 287 g/mol. The SMILES string of the molecule is CCCCOc1ccc(/C=C/C(=O)NC2CCCC2)cc1. The van der Waals surface area contributed by atoms with E-state index in [0.29, 0.717) is 6.04 Å². The third-order valence-corrected chi connectivity index (χ3v) is 3.78. The Labute approximate surface area is 127 Å². The molecule has 1 fully saturated rings. The maximum atomic E-state index is 11.8. The topological polar surface area (TPSA) is 38.3 Å². The van der Waals surface area contributed by atoms with Crippen LogP contribution in [0.3, 0.4) is 0 Å². The van der Waals surface area contributed by atoms with Gasteiger partial charge in [-0.05, 0) is 43.0 Å². The first-order chi connectivity index (χ1) is 10.3. The zero-order valence-electron chi connectivity index (χ0n) is 12.8. The Morgan fingerprint density at radius 2 is 2.00 bits per heavy atom. The summed E-state index contributed by atoms with van der Waals surface area (Å²) in [5, 5.41) is 3.04. The fourth-order valence-electron chi connectivity index (χ4n) is 2.50. The van der Waals surface area contributed by atoms with Crippen molar-refractivity contribution in [3.63, 3.8) is 0 Å². The van der Waals surface area contributed by atoms with Gasteiger partial charge in [-0.1, -0.05) is 38.3 Å². The summed E-state index contributed by atoms with van der Waals surface area (Å²) in [6, 6.07) is 8.21. The first-order valence-electron chi connectivity index (χ1n) is 7.99. The molecule has 0 aromatic heterocycles. The molecule has 1 saturated carbocycles. The molecule has 114 valence electrons. The highest BCUT2D eigenvalue weighted by molar-refractivity contribution is 5.91. The van der Waals surface area contributed by atoms with E-state index in [0.717, 1.165) is 43.6 Å². The summed E-state index contributed by atoms with van der Waals surface area (Å²) >= 11 is 0. The Bertz CT molecular complexity index is 459. The van der Waals surface area contributed by atoms with Gasteiger partial charge in [-0.3, -0.25) is 4.79 Å². The normalized spacial score (nSPS) is 15.5. The average Bonchev–Trinajstić information content (AvgIpc) is 2.99. The van der Waals surface area contributed by atoms with Gasteiger partial charge >= 0.3 is 0 Å². The molecule has 3 heteroatoms. The van der Waals surface area contributed by atoms with Crippen molar-refractivity contribution in [1.82, 2.24) is 5.32 Å². The molecule has 2 rings (SSSR count). The molecule has 1 aromatic rings. The maximum absolute atomic E-state index is 11.8. The fourth-order valence-corrected chi connectivity index (χ4v) is 2.50. The molecule has 21 heavy (non-hydrogen) atoms. The van der Waals surface area contributed by atoms with Crippen LogP contribution in [-0.4, -0.2) is 18.6 Å². The zero-order chi connectivity index (χ0) is 14.9. The number of rotatable bonds is 7. The molecule has 1 N–H and O–H groups in total. The van der Waals surface area contributed by atoms with Gasteiger partial charge in [0.25, 0.3) is 0 Å². The Morgan fingerprint density at radius 3 is 2.67 bits per heavy atom. The molecule has 0 atom stereocenters. The summed E-state index contributed by atoms with van der Waals surface area (Å²) in [4.78, 5) is 11.8. The number of hydrogen-bond donors (Lipinski definition) is 1. The third-order valence-electron chi connectivity index (χ3n) is 3.78. The van der Waals surface area contributed by atoms with Crippen LogP contribution in [0.2, 0.25) is 0 Å². The summed E-state index contributed by atoms with van der Waals surface area (Å²) in [7, 11) is 0. The lowest BCUT2D eigenvalue weighted by Crippen LogP contribution is -2.30. The van der Waals surface area contributed by atoms with E-state index in [1.165, 1.54) is 12.8 Å². The first-order valence-corrected chi connectivity index (χ1v) is 7.99. The predicted octanol–water partition coefficient (Wildman–Crippen LogP) is 3.94. The lowest BCUT2D eigenvalue weighted by atomic mass is 10.2. The monoisotopic (exact) mass is 287 g/mol. The minimum Gasteiger partial charge on any atom is -0.494 e. The van der Waals surface area contributed by atoms with Crippen molar-refractivity contribution in [2.45, 2.75) is 51.5 Å².